The summed E-state index contributed by atoms with van der Waals surface area (Å²) in [6.07, 6.45) is 1.57. The van der Waals surface area contributed by atoms with Crippen molar-refractivity contribution in [3.8, 4) is 0 Å². The van der Waals surface area contributed by atoms with Crippen LogP contribution in [0.3, 0.4) is 0 Å². The maximum atomic E-state index is 11.5. The first kappa shape index (κ1) is 11.1. The molecule has 0 aromatic carbocycles. The van der Waals surface area contributed by atoms with Crippen LogP contribution in [0.1, 0.15) is 17.0 Å². The van der Waals surface area contributed by atoms with E-state index in [9.17, 15) is 4.79 Å². The maximum Gasteiger partial charge on any atom is 0.223 e. The van der Waals surface area contributed by atoms with Gasteiger partial charge >= 0.3 is 0 Å². The molecule has 2 heterocycles. The topological polar surface area (TPSA) is 33.2 Å². The Kier molecular flexibility index (Phi) is 3.41. The van der Waals surface area contributed by atoms with Gasteiger partial charge in [-0.05, 0) is 6.92 Å². The second-order valence-electron chi connectivity index (χ2n) is 3.75. The summed E-state index contributed by atoms with van der Waals surface area (Å²) < 4.78 is 0. The van der Waals surface area contributed by atoms with Crippen molar-refractivity contribution in [3.05, 3.63) is 16.1 Å². The third-order valence-electron chi connectivity index (χ3n) is 2.62. The summed E-state index contributed by atoms with van der Waals surface area (Å²) in [5, 5.41) is 0. The van der Waals surface area contributed by atoms with Gasteiger partial charge in [0, 0.05) is 35.6 Å². The Labute approximate surface area is 102 Å². The van der Waals surface area contributed by atoms with Crippen molar-refractivity contribution in [2.75, 3.05) is 13.1 Å². The smallest absolute Gasteiger partial charge is 0.223 e. The molecule has 1 aliphatic rings. The number of nitrogens with zero attached hydrogens (tertiary/aromatic N) is 2. The number of hydrogen-bond acceptors (Lipinski definition) is 3. The second-order valence-corrected chi connectivity index (χ2v) is 5.99. The summed E-state index contributed by atoms with van der Waals surface area (Å²) in [7, 11) is 0. The molecule has 1 amide bonds. The Morgan fingerprint density at radius 1 is 1.73 bits per heavy atom. The number of rotatable bonds is 3. The lowest BCUT2D eigenvalue weighted by molar-refractivity contribution is -0.127. The number of aryl methyl sites for hydroxylation is 1. The lowest BCUT2D eigenvalue weighted by Crippen LogP contribution is -2.27. The van der Waals surface area contributed by atoms with E-state index in [1.54, 1.807) is 11.3 Å². The van der Waals surface area contributed by atoms with E-state index in [4.69, 9.17) is 0 Å². The van der Waals surface area contributed by atoms with Crippen LogP contribution in [-0.2, 0) is 11.2 Å². The molecule has 1 aromatic heterocycles. The quantitative estimate of drug-likeness (QED) is 0.797. The van der Waals surface area contributed by atoms with E-state index in [2.05, 4.69) is 20.9 Å². The highest BCUT2D eigenvalue weighted by atomic mass is 79.9. The van der Waals surface area contributed by atoms with Crippen LogP contribution < -0.4 is 0 Å². The van der Waals surface area contributed by atoms with Crippen molar-refractivity contribution in [2.24, 2.45) is 0 Å². The summed E-state index contributed by atoms with van der Waals surface area (Å²) in [5.41, 5.74) is 2.96. The van der Waals surface area contributed by atoms with Gasteiger partial charge < -0.3 is 4.90 Å². The Hall–Kier alpha value is -0.420. The molecule has 82 valence electrons. The fraction of sp³-hybridized carbons (Fsp3) is 0.600. The summed E-state index contributed by atoms with van der Waals surface area (Å²) in [5.74, 6) is 0.263. The van der Waals surface area contributed by atoms with Gasteiger partial charge in [-0.15, -0.1) is 11.3 Å². The molecular formula is C10H13BrN2OS. The molecule has 15 heavy (non-hydrogen) atoms. The number of alkyl halides is 1. The minimum Gasteiger partial charge on any atom is -0.341 e. The molecule has 1 atom stereocenters. The Morgan fingerprint density at radius 2 is 2.53 bits per heavy atom. The van der Waals surface area contributed by atoms with Gasteiger partial charge in [0.05, 0.1) is 11.2 Å². The first-order valence-corrected chi connectivity index (χ1v) is 6.77. The third kappa shape index (κ3) is 2.58. The van der Waals surface area contributed by atoms with Gasteiger partial charge in [0.15, 0.2) is 0 Å². The highest BCUT2D eigenvalue weighted by molar-refractivity contribution is 9.09. The van der Waals surface area contributed by atoms with Gasteiger partial charge in [-0.2, -0.15) is 0 Å². The maximum absolute atomic E-state index is 11.5. The first-order valence-electron chi connectivity index (χ1n) is 4.97. The number of thiazole rings is 1. The van der Waals surface area contributed by atoms with Crippen LogP contribution >= 0.6 is 27.3 Å². The molecule has 2 rings (SSSR count). The standard InChI is InChI=1S/C10H13BrN2OS/c1-7-9(15-6-12-7)2-3-13-5-8(11)4-10(13)14/h6,8H,2-5H2,1H3. The van der Waals surface area contributed by atoms with E-state index in [0.29, 0.717) is 11.2 Å². The molecule has 1 fully saturated rings. The normalized spacial score (nSPS) is 21.3. The number of halogens is 1. The van der Waals surface area contributed by atoms with Crippen molar-refractivity contribution in [1.82, 2.24) is 9.88 Å². The molecule has 3 nitrogen and oxygen atoms in total. The number of carbonyl (C=O) groups is 1. The van der Waals surface area contributed by atoms with E-state index in [1.165, 1.54) is 4.88 Å². The molecule has 0 radical (unpaired) electrons. The Bertz CT molecular complexity index is 366. The molecule has 0 saturated carbocycles. The lowest BCUT2D eigenvalue weighted by atomic mass is 10.3. The predicted molar refractivity (Wildman–Crippen MR) is 64.5 cm³/mol. The van der Waals surface area contributed by atoms with E-state index in [0.717, 1.165) is 25.2 Å². The van der Waals surface area contributed by atoms with Crippen LogP contribution in [0.2, 0.25) is 0 Å². The monoisotopic (exact) mass is 288 g/mol. The number of amides is 1. The molecule has 0 bridgehead atoms. The van der Waals surface area contributed by atoms with Gasteiger partial charge in [-0.1, -0.05) is 15.9 Å². The third-order valence-corrected chi connectivity index (χ3v) is 4.23. The fourth-order valence-electron chi connectivity index (χ4n) is 1.74. The largest absolute Gasteiger partial charge is 0.341 e. The summed E-state index contributed by atoms with van der Waals surface area (Å²) in [6.45, 7) is 3.69. The lowest BCUT2D eigenvalue weighted by Gasteiger charge is -2.14. The molecule has 0 spiro atoms. The van der Waals surface area contributed by atoms with Crippen molar-refractivity contribution in [3.63, 3.8) is 0 Å². The van der Waals surface area contributed by atoms with Crippen molar-refractivity contribution in [1.29, 1.82) is 0 Å². The molecule has 0 aliphatic carbocycles. The van der Waals surface area contributed by atoms with E-state index in [1.807, 2.05) is 17.3 Å². The molecule has 5 heteroatoms. The van der Waals surface area contributed by atoms with Crippen LogP contribution in [0.15, 0.2) is 5.51 Å². The van der Waals surface area contributed by atoms with Gasteiger partial charge in [0.1, 0.15) is 0 Å². The minimum atomic E-state index is 0.263. The molecule has 1 unspecified atom stereocenters. The van der Waals surface area contributed by atoms with Crippen LogP contribution in [0, 0.1) is 6.92 Å². The predicted octanol–water partition coefficient (Wildman–Crippen LogP) is 1.99. The highest BCUT2D eigenvalue weighted by Crippen LogP contribution is 2.19. The van der Waals surface area contributed by atoms with E-state index < -0.39 is 0 Å². The first-order chi connectivity index (χ1) is 7.16. The average Bonchev–Trinajstić information content (AvgIpc) is 2.70. The van der Waals surface area contributed by atoms with Crippen molar-refractivity contribution in [2.45, 2.75) is 24.6 Å². The molecule has 0 N–H and O–H groups in total. The van der Waals surface area contributed by atoms with Gasteiger partial charge in [0.2, 0.25) is 5.91 Å². The zero-order chi connectivity index (χ0) is 10.8. The molecule has 1 aromatic rings. The Balaban J connectivity index is 1.89. The van der Waals surface area contributed by atoms with Gasteiger partial charge in [0.25, 0.3) is 0 Å². The minimum absolute atomic E-state index is 0.263. The summed E-state index contributed by atoms with van der Waals surface area (Å²) in [6, 6.07) is 0. The molecule has 1 aliphatic heterocycles. The zero-order valence-electron chi connectivity index (χ0n) is 8.57. The van der Waals surface area contributed by atoms with Gasteiger partial charge in [-0.25, -0.2) is 4.98 Å². The van der Waals surface area contributed by atoms with Crippen LogP contribution in [0.4, 0.5) is 0 Å². The van der Waals surface area contributed by atoms with E-state index >= 15 is 0 Å². The number of carbonyl (C=O) groups excluding carboxylic acids is 1. The van der Waals surface area contributed by atoms with Crippen LogP contribution in [0.5, 0.6) is 0 Å². The zero-order valence-corrected chi connectivity index (χ0v) is 11.0. The second kappa shape index (κ2) is 4.61. The molecule has 1 saturated heterocycles. The average molecular weight is 289 g/mol. The Morgan fingerprint density at radius 3 is 3.07 bits per heavy atom. The molecular weight excluding hydrogens is 276 g/mol. The van der Waals surface area contributed by atoms with Gasteiger partial charge in [-0.3, -0.25) is 4.79 Å². The van der Waals surface area contributed by atoms with Crippen molar-refractivity contribution < 1.29 is 4.79 Å². The SMILES string of the molecule is Cc1ncsc1CCN1CC(Br)CC1=O. The number of likely N-dealkylation sites (tertiary alicyclic amines) is 1. The summed E-state index contributed by atoms with van der Waals surface area (Å²) >= 11 is 5.15. The summed E-state index contributed by atoms with van der Waals surface area (Å²) in [4.78, 5) is 19.3. The highest BCUT2D eigenvalue weighted by Gasteiger charge is 2.27. The number of aromatic nitrogens is 1. The number of hydrogen-bond donors (Lipinski definition) is 0. The van der Waals surface area contributed by atoms with Crippen molar-refractivity contribution >= 4 is 33.2 Å². The van der Waals surface area contributed by atoms with E-state index in [-0.39, 0.29) is 5.91 Å². The van der Waals surface area contributed by atoms with Crippen LogP contribution in [-0.4, -0.2) is 33.7 Å². The van der Waals surface area contributed by atoms with Crippen LogP contribution in [0.25, 0.3) is 0 Å². The fourth-order valence-corrected chi connectivity index (χ4v) is 3.14.